The molecule has 2 aromatic heterocycles. The largest absolute Gasteiger partial charge is 0.495 e. The van der Waals surface area contributed by atoms with Gasteiger partial charge in [0.25, 0.3) is 0 Å². The van der Waals surface area contributed by atoms with E-state index in [1.165, 1.54) is 13.3 Å². The third-order valence-corrected chi connectivity index (χ3v) is 2.28. The molecule has 2 rings (SSSR count). The van der Waals surface area contributed by atoms with Gasteiger partial charge in [0.05, 0.1) is 12.5 Å². The van der Waals surface area contributed by atoms with Gasteiger partial charge in [-0.3, -0.25) is 0 Å². The van der Waals surface area contributed by atoms with Gasteiger partial charge in [-0.1, -0.05) is 0 Å². The number of aromatic nitrogens is 2. The number of hydrogen-bond donors (Lipinski definition) is 1. The monoisotopic (exact) mass is 206 g/mol. The summed E-state index contributed by atoms with van der Waals surface area (Å²) in [5, 5.41) is 9.64. The molecule has 0 radical (unpaired) electrons. The van der Waals surface area contributed by atoms with Crippen molar-refractivity contribution >= 4 is 17.0 Å². The zero-order valence-electron chi connectivity index (χ0n) is 8.39. The van der Waals surface area contributed by atoms with Crippen LogP contribution in [0.5, 0.6) is 5.75 Å². The number of hydrogen-bond acceptors (Lipinski definition) is 3. The predicted octanol–water partition coefficient (Wildman–Crippen LogP) is 1.28. The van der Waals surface area contributed by atoms with E-state index in [0.717, 1.165) is 0 Å². The lowest BCUT2D eigenvalue weighted by Crippen LogP contribution is -2.02. The number of carboxylic acid groups (broad SMARTS) is 1. The fourth-order valence-corrected chi connectivity index (χ4v) is 1.56. The predicted molar refractivity (Wildman–Crippen MR) is 54.2 cm³/mol. The Morgan fingerprint density at radius 1 is 1.60 bits per heavy atom. The van der Waals surface area contributed by atoms with Crippen molar-refractivity contribution in [2.75, 3.05) is 7.11 Å². The SMILES string of the molecule is COc1c(C(=O)O)cnc2c1ccn2C. The van der Waals surface area contributed by atoms with Gasteiger partial charge in [0.1, 0.15) is 17.0 Å². The number of aryl methyl sites for hydroxylation is 1. The standard InChI is InChI=1S/C10H10N2O3/c1-12-4-3-6-8(15-2)7(10(13)14)5-11-9(6)12/h3-5H,1-2H3,(H,13,14). The molecule has 0 aliphatic heterocycles. The molecule has 0 spiro atoms. The minimum atomic E-state index is -1.04. The van der Waals surface area contributed by atoms with Gasteiger partial charge in [0.15, 0.2) is 0 Å². The van der Waals surface area contributed by atoms with Crippen LogP contribution in [-0.4, -0.2) is 27.7 Å². The molecule has 15 heavy (non-hydrogen) atoms. The van der Waals surface area contributed by atoms with Crippen molar-refractivity contribution in [3.05, 3.63) is 24.0 Å². The first-order valence-electron chi connectivity index (χ1n) is 4.36. The fourth-order valence-electron chi connectivity index (χ4n) is 1.56. The van der Waals surface area contributed by atoms with Crippen molar-refractivity contribution in [3.63, 3.8) is 0 Å². The van der Waals surface area contributed by atoms with Gasteiger partial charge in [-0.05, 0) is 6.07 Å². The van der Waals surface area contributed by atoms with Gasteiger partial charge in [-0.25, -0.2) is 9.78 Å². The molecule has 2 heterocycles. The number of nitrogens with zero attached hydrogens (tertiary/aromatic N) is 2. The second-order valence-electron chi connectivity index (χ2n) is 3.17. The normalized spacial score (nSPS) is 10.5. The summed E-state index contributed by atoms with van der Waals surface area (Å²) in [5.74, 6) is -0.682. The van der Waals surface area contributed by atoms with E-state index in [2.05, 4.69) is 4.98 Å². The quantitative estimate of drug-likeness (QED) is 0.803. The van der Waals surface area contributed by atoms with Gasteiger partial charge in [0.2, 0.25) is 0 Å². The van der Waals surface area contributed by atoms with Crippen LogP contribution < -0.4 is 4.74 Å². The zero-order valence-corrected chi connectivity index (χ0v) is 8.39. The van der Waals surface area contributed by atoms with Gasteiger partial charge < -0.3 is 14.4 Å². The Morgan fingerprint density at radius 2 is 2.33 bits per heavy atom. The molecule has 0 aliphatic rings. The van der Waals surface area contributed by atoms with Gasteiger partial charge in [-0.15, -0.1) is 0 Å². The van der Waals surface area contributed by atoms with Crippen molar-refractivity contribution in [2.24, 2.45) is 7.05 Å². The second kappa shape index (κ2) is 3.27. The van der Waals surface area contributed by atoms with Crippen LogP contribution in [0.25, 0.3) is 11.0 Å². The number of rotatable bonds is 2. The number of aromatic carboxylic acids is 1. The topological polar surface area (TPSA) is 64.3 Å². The van der Waals surface area contributed by atoms with Crippen LogP contribution in [0.4, 0.5) is 0 Å². The minimum Gasteiger partial charge on any atom is -0.495 e. The fraction of sp³-hybridized carbons (Fsp3) is 0.200. The van der Waals surface area contributed by atoms with E-state index in [1.54, 1.807) is 6.07 Å². The lowest BCUT2D eigenvalue weighted by molar-refractivity contribution is 0.0693. The van der Waals surface area contributed by atoms with Gasteiger partial charge >= 0.3 is 5.97 Å². The van der Waals surface area contributed by atoms with E-state index in [1.807, 2.05) is 17.8 Å². The molecule has 0 bridgehead atoms. The Balaban J connectivity index is 2.82. The van der Waals surface area contributed by atoms with Crippen LogP contribution in [0.1, 0.15) is 10.4 Å². The third kappa shape index (κ3) is 1.32. The van der Waals surface area contributed by atoms with Crippen LogP contribution in [0.2, 0.25) is 0 Å². The average Bonchev–Trinajstić information content (AvgIpc) is 2.59. The van der Waals surface area contributed by atoms with Crippen molar-refractivity contribution in [3.8, 4) is 5.75 Å². The maximum Gasteiger partial charge on any atom is 0.341 e. The lowest BCUT2D eigenvalue weighted by atomic mass is 10.2. The Morgan fingerprint density at radius 3 is 2.93 bits per heavy atom. The molecule has 78 valence electrons. The highest BCUT2D eigenvalue weighted by Crippen LogP contribution is 2.28. The number of ether oxygens (including phenoxy) is 1. The minimum absolute atomic E-state index is 0.0798. The zero-order chi connectivity index (χ0) is 11.0. The summed E-state index contributed by atoms with van der Waals surface area (Å²) >= 11 is 0. The van der Waals surface area contributed by atoms with Crippen molar-refractivity contribution in [1.82, 2.24) is 9.55 Å². The van der Waals surface area contributed by atoms with E-state index in [-0.39, 0.29) is 5.56 Å². The first-order chi connectivity index (χ1) is 7.15. The molecule has 5 nitrogen and oxygen atoms in total. The van der Waals surface area contributed by atoms with Crippen LogP contribution >= 0.6 is 0 Å². The molecule has 0 aliphatic carbocycles. The summed E-state index contributed by atoms with van der Waals surface area (Å²) in [6.45, 7) is 0. The molecule has 0 unspecified atom stereocenters. The van der Waals surface area contributed by atoms with Gasteiger partial charge in [0, 0.05) is 19.4 Å². The summed E-state index contributed by atoms with van der Waals surface area (Å²) in [7, 11) is 3.30. The number of fused-ring (bicyclic) bond motifs is 1. The summed E-state index contributed by atoms with van der Waals surface area (Å²) in [6.07, 6.45) is 3.12. The molecular formula is C10H10N2O3. The molecule has 0 amide bonds. The highest BCUT2D eigenvalue weighted by atomic mass is 16.5. The van der Waals surface area contributed by atoms with E-state index in [9.17, 15) is 4.79 Å². The first-order valence-corrected chi connectivity index (χ1v) is 4.36. The summed E-state index contributed by atoms with van der Waals surface area (Å²) in [5.41, 5.74) is 0.785. The van der Waals surface area contributed by atoms with Crippen molar-refractivity contribution in [1.29, 1.82) is 0 Å². The van der Waals surface area contributed by atoms with Gasteiger partial charge in [-0.2, -0.15) is 0 Å². The Bertz CT molecular complexity index is 531. The molecule has 0 atom stereocenters. The molecule has 0 saturated heterocycles. The number of pyridine rings is 1. The Hall–Kier alpha value is -2.04. The van der Waals surface area contributed by atoms with Crippen LogP contribution in [0.3, 0.4) is 0 Å². The Kier molecular flexibility index (Phi) is 2.07. The maximum absolute atomic E-state index is 10.9. The lowest BCUT2D eigenvalue weighted by Gasteiger charge is -2.05. The molecule has 0 aromatic carbocycles. The maximum atomic E-state index is 10.9. The van der Waals surface area contributed by atoms with Crippen LogP contribution in [0.15, 0.2) is 18.5 Å². The van der Waals surface area contributed by atoms with Crippen LogP contribution in [0, 0.1) is 0 Å². The van der Waals surface area contributed by atoms with E-state index < -0.39 is 5.97 Å². The highest BCUT2D eigenvalue weighted by Gasteiger charge is 2.16. The molecular weight excluding hydrogens is 196 g/mol. The van der Waals surface area contributed by atoms with Crippen LogP contribution in [-0.2, 0) is 7.05 Å². The molecule has 1 N–H and O–H groups in total. The molecule has 0 saturated carbocycles. The Labute approximate surface area is 85.9 Å². The van der Waals surface area contributed by atoms with E-state index >= 15 is 0 Å². The molecule has 2 aromatic rings. The first kappa shape index (κ1) is 9.51. The number of carboxylic acids is 1. The summed E-state index contributed by atoms with van der Waals surface area (Å²) < 4.78 is 6.91. The number of carbonyl (C=O) groups is 1. The highest BCUT2D eigenvalue weighted by molar-refractivity contribution is 5.98. The van der Waals surface area contributed by atoms with E-state index in [0.29, 0.717) is 16.8 Å². The van der Waals surface area contributed by atoms with E-state index in [4.69, 9.17) is 9.84 Å². The summed E-state index contributed by atoms with van der Waals surface area (Å²) in [4.78, 5) is 15.0. The number of methoxy groups -OCH3 is 1. The average molecular weight is 206 g/mol. The molecule has 5 heteroatoms. The smallest absolute Gasteiger partial charge is 0.341 e. The summed E-state index contributed by atoms with van der Waals surface area (Å²) in [6, 6.07) is 1.79. The van der Waals surface area contributed by atoms with Crippen molar-refractivity contribution in [2.45, 2.75) is 0 Å². The molecule has 0 fully saturated rings. The van der Waals surface area contributed by atoms with Crippen molar-refractivity contribution < 1.29 is 14.6 Å². The second-order valence-corrected chi connectivity index (χ2v) is 3.17. The third-order valence-electron chi connectivity index (χ3n) is 2.28.